The molecule has 0 N–H and O–H groups in total. The van der Waals surface area contributed by atoms with Crippen molar-refractivity contribution in [2.45, 2.75) is 13.3 Å². The lowest BCUT2D eigenvalue weighted by atomic mass is 10.4. The van der Waals surface area contributed by atoms with Gasteiger partial charge in [0, 0.05) is 13.1 Å². The summed E-state index contributed by atoms with van der Waals surface area (Å²) in [7, 11) is 1.68. The van der Waals surface area contributed by atoms with E-state index in [4.69, 9.17) is 0 Å². The zero-order valence-corrected chi connectivity index (χ0v) is 8.15. The van der Waals surface area contributed by atoms with Gasteiger partial charge in [0.1, 0.15) is 11.5 Å². The van der Waals surface area contributed by atoms with Crippen molar-refractivity contribution < 1.29 is 8.78 Å². The molecule has 79 valence electrons. The molecular weight excluding hydrogens is 204 g/mol. The highest BCUT2D eigenvalue weighted by Crippen LogP contribution is 2.19. The van der Waals surface area contributed by atoms with Crippen LogP contribution in [0.15, 0.2) is 6.20 Å². The van der Waals surface area contributed by atoms with Gasteiger partial charge in [-0.25, -0.2) is 8.78 Å². The lowest BCUT2D eigenvalue weighted by Crippen LogP contribution is -2.09. The molecule has 7 heteroatoms. The highest BCUT2D eigenvalue weighted by atomic mass is 19.3. The van der Waals surface area contributed by atoms with Crippen LogP contribution in [-0.2, 0) is 7.05 Å². The summed E-state index contributed by atoms with van der Waals surface area (Å²) in [4.78, 5) is 0. The fourth-order valence-electron chi connectivity index (χ4n) is 1.17. The lowest BCUT2D eigenvalue weighted by molar-refractivity contribution is 0.142. The molecule has 2 aromatic heterocycles. The van der Waals surface area contributed by atoms with Gasteiger partial charge in [-0.1, -0.05) is 0 Å². The van der Waals surface area contributed by atoms with E-state index in [1.807, 2.05) is 0 Å². The summed E-state index contributed by atoms with van der Waals surface area (Å²) in [5, 5.41) is 11.3. The first-order valence-corrected chi connectivity index (χ1v) is 4.21. The van der Waals surface area contributed by atoms with E-state index in [9.17, 15) is 8.78 Å². The van der Waals surface area contributed by atoms with Crippen LogP contribution in [0.25, 0.3) is 5.95 Å². The van der Waals surface area contributed by atoms with Crippen LogP contribution >= 0.6 is 0 Å². The number of rotatable bonds is 2. The number of halogens is 2. The van der Waals surface area contributed by atoms with Gasteiger partial charge in [0.15, 0.2) is 0 Å². The largest absolute Gasteiger partial charge is 0.299 e. The Balaban J connectivity index is 2.54. The van der Waals surface area contributed by atoms with Crippen LogP contribution in [0.2, 0.25) is 0 Å². The van der Waals surface area contributed by atoms with Crippen molar-refractivity contribution in [3.05, 3.63) is 23.8 Å². The number of alkyl halides is 2. The second-order valence-corrected chi connectivity index (χ2v) is 2.99. The minimum atomic E-state index is -2.63. The van der Waals surface area contributed by atoms with E-state index < -0.39 is 6.43 Å². The monoisotopic (exact) mass is 212 g/mol. The normalized spacial score (nSPS) is 11.3. The second kappa shape index (κ2) is 3.41. The molecule has 0 saturated carbocycles. The van der Waals surface area contributed by atoms with Gasteiger partial charge in [-0.2, -0.15) is 9.78 Å². The molecule has 0 aliphatic carbocycles. The molecule has 2 aromatic rings. The summed E-state index contributed by atoms with van der Waals surface area (Å²) in [6, 6.07) is 2.36. The Labute approximate surface area is 84.3 Å². The quantitative estimate of drug-likeness (QED) is 0.747. The van der Waals surface area contributed by atoms with Crippen molar-refractivity contribution in [3.63, 3.8) is 0 Å². The van der Waals surface area contributed by atoms with Crippen LogP contribution in [0.3, 0.4) is 0 Å². The van der Waals surface area contributed by atoms with Crippen molar-refractivity contribution in [2.75, 3.05) is 0 Å². The van der Waals surface area contributed by atoms with Crippen LogP contribution in [-0.4, -0.2) is 24.5 Å². The van der Waals surface area contributed by atoms with Gasteiger partial charge >= 0.3 is 0 Å². The van der Waals surface area contributed by atoms with Gasteiger partial charge in [0.05, 0.1) is 6.20 Å². The average Bonchev–Trinajstić information content (AvgIpc) is 2.75. The number of nitrogens with zero attached hydrogens (tertiary/aromatic N) is 5. The third-order valence-corrected chi connectivity index (χ3v) is 2.08. The van der Waals surface area contributed by atoms with Crippen LogP contribution in [0.5, 0.6) is 0 Å². The topological polar surface area (TPSA) is 48.5 Å². The van der Waals surface area contributed by atoms with Gasteiger partial charge in [0.2, 0.25) is 0 Å². The minimum absolute atomic E-state index is 0.254. The molecule has 0 saturated heterocycles. The molecule has 1 radical (unpaired) electrons. The minimum Gasteiger partial charge on any atom is -0.299 e. The van der Waals surface area contributed by atoms with E-state index in [1.165, 1.54) is 6.20 Å². The Kier molecular flexibility index (Phi) is 2.22. The number of aromatic nitrogens is 5. The third kappa shape index (κ3) is 1.49. The van der Waals surface area contributed by atoms with E-state index >= 15 is 0 Å². The predicted molar refractivity (Wildman–Crippen MR) is 46.7 cm³/mol. The van der Waals surface area contributed by atoms with Crippen LogP contribution < -0.4 is 0 Å². The first-order chi connectivity index (χ1) is 7.11. The second-order valence-electron chi connectivity index (χ2n) is 2.99. The third-order valence-electron chi connectivity index (χ3n) is 2.08. The van der Waals surface area contributed by atoms with Gasteiger partial charge in [-0.05, 0) is 6.92 Å². The van der Waals surface area contributed by atoms with Crippen molar-refractivity contribution in [3.8, 4) is 5.95 Å². The van der Waals surface area contributed by atoms with Crippen molar-refractivity contribution in [2.24, 2.45) is 7.05 Å². The lowest BCUT2D eigenvalue weighted by Gasteiger charge is -2.04. The van der Waals surface area contributed by atoms with E-state index in [1.54, 1.807) is 18.5 Å². The van der Waals surface area contributed by atoms with Crippen molar-refractivity contribution in [1.82, 2.24) is 24.5 Å². The Bertz CT molecular complexity index is 473. The molecular formula is C8H8F2N5. The summed E-state index contributed by atoms with van der Waals surface area (Å²) < 4.78 is 27.7. The summed E-state index contributed by atoms with van der Waals surface area (Å²) in [6.45, 7) is 1.73. The fraction of sp³-hybridized carbons (Fsp3) is 0.375. The molecule has 2 rings (SSSR count). The summed E-state index contributed by atoms with van der Waals surface area (Å²) in [6.07, 6.45) is -1.45. The first kappa shape index (κ1) is 9.75. The van der Waals surface area contributed by atoms with Gasteiger partial charge in [0.25, 0.3) is 12.4 Å². The predicted octanol–water partition coefficient (Wildman–Crippen LogP) is 1.05. The SMILES string of the molecule is Cc1nnc(-n2nc[c]c2C(F)F)n1C. The number of hydrogen-bond donors (Lipinski definition) is 0. The smallest absolute Gasteiger partial charge is 0.281 e. The highest BCUT2D eigenvalue weighted by Gasteiger charge is 2.18. The molecule has 0 atom stereocenters. The molecule has 0 aliphatic heterocycles. The zero-order valence-electron chi connectivity index (χ0n) is 8.15. The van der Waals surface area contributed by atoms with Crippen molar-refractivity contribution in [1.29, 1.82) is 0 Å². The molecule has 0 spiro atoms. The van der Waals surface area contributed by atoms with E-state index in [2.05, 4.69) is 21.4 Å². The van der Waals surface area contributed by atoms with Crippen LogP contribution in [0.1, 0.15) is 17.9 Å². The molecule has 0 aromatic carbocycles. The standard InChI is InChI=1S/C8H8F2N5/c1-5-12-13-8(14(5)2)15-6(7(9)10)3-4-11-15/h4,7H,1-2H3. The van der Waals surface area contributed by atoms with Gasteiger partial charge in [-0.3, -0.25) is 4.57 Å². The Morgan fingerprint density at radius 1 is 1.40 bits per heavy atom. The Hall–Kier alpha value is -1.79. The summed E-state index contributed by atoms with van der Waals surface area (Å²) >= 11 is 0. The van der Waals surface area contributed by atoms with E-state index in [0.29, 0.717) is 5.82 Å². The van der Waals surface area contributed by atoms with E-state index in [-0.39, 0.29) is 11.6 Å². The summed E-state index contributed by atoms with van der Waals surface area (Å²) in [5.41, 5.74) is -0.314. The average molecular weight is 212 g/mol. The van der Waals surface area contributed by atoms with Crippen molar-refractivity contribution >= 4 is 0 Å². The maximum atomic E-state index is 12.5. The number of aryl methyl sites for hydroxylation is 1. The maximum Gasteiger partial charge on any atom is 0.281 e. The van der Waals surface area contributed by atoms with Gasteiger partial charge < -0.3 is 0 Å². The fourth-order valence-corrected chi connectivity index (χ4v) is 1.17. The Morgan fingerprint density at radius 2 is 2.13 bits per heavy atom. The molecule has 2 heterocycles. The van der Waals surface area contributed by atoms with Crippen LogP contribution in [0, 0.1) is 13.0 Å². The maximum absolute atomic E-state index is 12.5. The first-order valence-electron chi connectivity index (χ1n) is 4.21. The molecule has 0 amide bonds. The van der Waals surface area contributed by atoms with E-state index in [0.717, 1.165) is 4.68 Å². The zero-order chi connectivity index (χ0) is 11.0. The molecule has 0 aliphatic rings. The molecule has 0 fully saturated rings. The highest BCUT2D eigenvalue weighted by molar-refractivity contribution is 5.17. The summed E-state index contributed by atoms with van der Waals surface area (Å²) in [5.74, 6) is 0.879. The molecule has 15 heavy (non-hydrogen) atoms. The van der Waals surface area contributed by atoms with Crippen LogP contribution in [0.4, 0.5) is 8.78 Å². The Morgan fingerprint density at radius 3 is 2.67 bits per heavy atom. The molecule has 5 nitrogen and oxygen atoms in total. The van der Waals surface area contributed by atoms with Gasteiger partial charge in [-0.15, -0.1) is 10.2 Å². The molecule has 0 bridgehead atoms. The number of hydrogen-bond acceptors (Lipinski definition) is 3. The molecule has 0 unspecified atom stereocenters.